The summed E-state index contributed by atoms with van der Waals surface area (Å²) in [5.74, 6) is 0.890. The highest BCUT2D eigenvalue weighted by atomic mass is 32.1. The highest BCUT2D eigenvalue weighted by molar-refractivity contribution is 7.80. The van der Waals surface area contributed by atoms with E-state index in [9.17, 15) is 0 Å². The van der Waals surface area contributed by atoms with Gasteiger partial charge < -0.3 is 10.3 Å². The SMILES string of the molecule is SCCNCc1ccc[nH]1. The van der Waals surface area contributed by atoms with Crippen molar-refractivity contribution in [2.45, 2.75) is 6.54 Å². The van der Waals surface area contributed by atoms with Gasteiger partial charge in [0, 0.05) is 30.7 Å². The van der Waals surface area contributed by atoms with Crippen LogP contribution in [0.4, 0.5) is 0 Å². The summed E-state index contributed by atoms with van der Waals surface area (Å²) in [5.41, 5.74) is 1.22. The Kier molecular flexibility index (Phi) is 3.40. The molecule has 1 aromatic heterocycles. The van der Waals surface area contributed by atoms with Gasteiger partial charge in [-0.05, 0) is 12.1 Å². The van der Waals surface area contributed by atoms with Gasteiger partial charge in [-0.15, -0.1) is 0 Å². The molecular weight excluding hydrogens is 144 g/mol. The summed E-state index contributed by atoms with van der Waals surface area (Å²) in [4.78, 5) is 3.11. The number of rotatable bonds is 4. The molecule has 0 spiro atoms. The van der Waals surface area contributed by atoms with Crippen LogP contribution in [0, 0.1) is 0 Å². The summed E-state index contributed by atoms with van der Waals surface area (Å²) >= 11 is 4.08. The Balaban J connectivity index is 2.15. The second-order valence-corrected chi connectivity index (χ2v) is 2.54. The predicted molar refractivity (Wildman–Crippen MR) is 46.4 cm³/mol. The van der Waals surface area contributed by atoms with Gasteiger partial charge in [-0.2, -0.15) is 12.6 Å². The monoisotopic (exact) mass is 156 g/mol. The van der Waals surface area contributed by atoms with E-state index >= 15 is 0 Å². The zero-order valence-corrected chi connectivity index (χ0v) is 6.70. The van der Waals surface area contributed by atoms with Crippen LogP contribution in [0.15, 0.2) is 18.3 Å². The maximum Gasteiger partial charge on any atom is 0.0357 e. The van der Waals surface area contributed by atoms with E-state index in [0.29, 0.717) is 0 Å². The van der Waals surface area contributed by atoms with Gasteiger partial charge in [-0.1, -0.05) is 0 Å². The first kappa shape index (κ1) is 7.69. The Morgan fingerprint density at radius 2 is 2.50 bits per heavy atom. The van der Waals surface area contributed by atoms with Gasteiger partial charge in [0.25, 0.3) is 0 Å². The van der Waals surface area contributed by atoms with Crippen LogP contribution in [0.1, 0.15) is 5.69 Å². The molecule has 1 rings (SSSR count). The highest BCUT2D eigenvalue weighted by Crippen LogP contribution is 1.91. The molecule has 0 radical (unpaired) electrons. The average molecular weight is 156 g/mol. The molecule has 3 heteroatoms. The fourth-order valence-corrected chi connectivity index (χ4v) is 0.938. The van der Waals surface area contributed by atoms with Gasteiger partial charge in [0.1, 0.15) is 0 Å². The lowest BCUT2D eigenvalue weighted by atomic mass is 10.4. The molecular formula is C7H12N2S. The maximum absolute atomic E-state index is 4.08. The Bertz CT molecular complexity index is 160. The van der Waals surface area contributed by atoms with Crippen molar-refractivity contribution in [3.05, 3.63) is 24.0 Å². The van der Waals surface area contributed by atoms with Crippen LogP contribution in [0.2, 0.25) is 0 Å². The summed E-state index contributed by atoms with van der Waals surface area (Å²) < 4.78 is 0. The first-order valence-corrected chi connectivity index (χ1v) is 4.00. The Morgan fingerprint density at radius 1 is 1.60 bits per heavy atom. The average Bonchev–Trinajstić information content (AvgIpc) is 2.41. The number of aromatic amines is 1. The lowest BCUT2D eigenvalue weighted by Crippen LogP contribution is -2.15. The molecule has 2 N–H and O–H groups in total. The quantitative estimate of drug-likeness (QED) is 0.441. The first-order valence-electron chi connectivity index (χ1n) is 3.37. The van der Waals surface area contributed by atoms with Crippen molar-refractivity contribution in [3.63, 3.8) is 0 Å². The molecule has 0 aliphatic carbocycles. The van der Waals surface area contributed by atoms with Crippen LogP contribution < -0.4 is 5.32 Å². The minimum atomic E-state index is 0.890. The third kappa shape index (κ3) is 2.45. The molecule has 0 amide bonds. The van der Waals surface area contributed by atoms with Gasteiger partial charge in [0.05, 0.1) is 0 Å². The molecule has 10 heavy (non-hydrogen) atoms. The van der Waals surface area contributed by atoms with E-state index in [1.54, 1.807) is 0 Å². The summed E-state index contributed by atoms with van der Waals surface area (Å²) in [7, 11) is 0. The van der Waals surface area contributed by atoms with E-state index < -0.39 is 0 Å². The fraction of sp³-hybridized carbons (Fsp3) is 0.429. The van der Waals surface area contributed by atoms with Gasteiger partial charge >= 0.3 is 0 Å². The second-order valence-electron chi connectivity index (χ2n) is 2.10. The zero-order chi connectivity index (χ0) is 7.23. The molecule has 0 aromatic carbocycles. The van der Waals surface area contributed by atoms with Crippen molar-refractivity contribution in [2.75, 3.05) is 12.3 Å². The maximum atomic E-state index is 4.08. The zero-order valence-electron chi connectivity index (χ0n) is 5.80. The van der Waals surface area contributed by atoms with Crippen LogP contribution in [-0.2, 0) is 6.54 Å². The predicted octanol–water partition coefficient (Wildman–Crippen LogP) is 1.03. The Morgan fingerprint density at radius 3 is 3.10 bits per heavy atom. The molecule has 56 valence electrons. The molecule has 0 atom stereocenters. The smallest absolute Gasteiger partial charge is 0.0357 e. The molecule has 0 fully saturated rings. The van der Waals surface area contributed by atoms with Crippen LogP contribution in [0.5, 0.6) is 0 Å². The van der Waals surface area contributed by atoms with E-state index in [4.69, 9.17) is 0 Å². The molecule has 0 aliphatic rings. The largest absolute Gasteiger partial charge is 0.364 e. The molecule has 0 saturated carbocycles. The van der Waals surface area contributed by atoms with Crippen molar-refractivity contribution in [3.8, 4) is 0 Å². The van der Waals surface area contributed by atoms with Crippen molar-refractivity contribution in [1.29, 1.82) is 0 Å². The number of nitrogens with one attached hydrogen (secondary N) is 2. The van der Waals surface area contributed by atoms with Gasteiger partial charge in [0.2, 0.25) is 0 Å². The van der Waals surface area contributed by atoms with Crippen molar-refractivity contribution in [2.24, 2.45) is 0 Å². The van der Waals surface area contributed by atoms with Crippen LogP contribution >= 0.6 is 12.6 Å². The van der Waals surface area contributed by atoms with Crippen molar-refractivity contribution >= 4 is 12.6 Å². The molecule has 0 unspecified atom stereocenters. The second kappa shape index (κ2) is 4.41. The van der Waals surface area contributed by atoms with Gasteiger partial charge in [0.15, 0.2) is 0 Å². The van der Waals surface area contributed by atoms with Gasteiger partial charge in [-0.3, -0.25) is 0 Å². The number of aromatic nitrogens is 1. The van der Waals surface area contributed by atoms with Gasteiger partial charge in [-0.25, -0.2) is 0 Å². The summed E-state index contributed by atoms with van der Waals surface area (Å²) in [5, 5.41) is 3.23. The lowest BCUT2D eigenvalue weighted by molar-refractivity contribution is 0.720. The van der Waals surface area contributed by atoms with E-state index in [1.807, 2.05) is 12.3 Å². The molecule has 2 nitrogen and oxygen atoms in total. The van der Waals surface area contributed by atoms with Crippen LogP contribution in [-0.4, -0.2) is 17.3 Å². The normalized spacial score (nSPS) is 10.1. The van der Waals surface area contributed by atoms with E-state index in [2.05, 4.69) is 29.0 Å². The number of H-pyrrole nitrogens is 1. The van der Waals surface area contributed by atoms with Crippen molar-refractivity contribution in [1.82, 2.24) is 10.3 Å². The lowest BCUT2D eigenvalue weighted by Gasteiger charge is -1.98. The fourth-order valence-electron chi connectivity index (χ4n) is 0.780. The van der Waals surface area contributed by atoms with Crippen LogP contribution in [0.3, 0.4) is 0 Å². The standard InChI is InChI=1S/C7H12N2S/c10-5-4-8-6-7-2-1-3-9-7/h1-3,8-10H,4-6H2. The molecule has 0 aliphatic heterocycles. The number of thiol groups is 1. The third-order valence-corrected chi connectivity index (χ3v) is 1.49. The Hall–Kier alpha value is -0.410. The van der Waals surface area contributed by atoms with E-state index in [0.717, 1.165) is 18.8 Å². The van der Waals surface area contributed by atoms with Crippen LogP contribution in [0.25, 0.3) is 0 Å². The Labute approximate surface area is 66.4 Å². The van der Waals surface area contributed by atoms with Crippen molar-refractivity contribution < 1.29 is 0 Å². The molecule has 1 heterocycles. The van der Waals surface area contributed by atoms with E-state index in [-0.39, 0.29) is 0 Å². The summed E-state index contributed by atoms with van der Waals surface area (Å²) in [6.07, 6.45) is 1.93. The number of hydrogen-bond acceptors (Lipinski definition) is 2. The summed E-state index contributed by atoms with van der Waals surface area (Å²) in [6, 6.07) is 4.06. The topological polar surface area (TPSA) is 27.8 Å². The first-order chi connectivity index (χ1) is 4.93. The minimum Gasteiger partial charge on any atom is -0.364 e. The van der Waals surface area contributed by atoms with E-state index in [1.165, 1.54) is 5.69 Å². The third-order valence-electron chi connectivity index (χ3n) is 1.27. The molecule has 1 aromatic rings. The molecule has 0 saturated heterocycles. The molecule has 0 bridgehead atoms. The highest BCUT2D eigenvalue weighted by Gasteiger charge is 1.88. The summed E-state index contributed by atoms with van der Waals surface area (Å²) in [6.45, 7) is 1.87. The number of hydrogen-bond donors (Lipinski definition) is 3. The minimum absolute atomic E-state index is 0.890.